The van der Waals surface area contributed by atoms with Gasteiger partial charge in [0.1, 0.15) is 0 Å². The summed E-state index contributed by atoms with van der Waals surface area (Å²) in [5, 5.41) is 1.47. The van der Waals surface area contributed by atoms with Crippen LogP contribution in [-0.2, 0) is 11.0 Å². The highest BCUT2D eigenvalue weighted by Crippen LogP contribution is 2.38. The van der Waals surface area contributed by atoms with Gasteiger partial charge in [-0.3, -0.25) is 0 Å². The zero-order chi connectivity index (χ0) is 22.3. The third-order valence-corrected chi connectivity index (χ3v) is 6.21. The summed E-state index contributed by atoms with van der Waals surface area (Å²) in [6.45, 7) is 4.69. The Hall–Kier alpha value is -1.28. The molecule has 9 heteroatoms. The summed E-state index contributed by atoms with van der Waals surface area (Å²) in [6.07, 6.45) is 3.61. The molecule has 1 aliphatic rings. The fourth-order valence-corrected chi connectivity index (χ4v) is 4.25. The number of halogens is 5. The molecule has 1 aliphatic heterocycles. The molecular weight excluding hydrogens is 456 g/mol. The number of anilines is 1. The van der Waals surface area contributed by atoms with Gasteiger partial charge in [-0.15, -0.1) is 0 Å². The summed E-state index contributed by atoms with van der Waals surface area (Å²) >= 11 is 12.5. The molecule has 166 valence electrons. The van der Waals surface area contributed by atoms with Crippen LogP contribution in [0.2, 0.25) is 10.0 Å². The molecule has 0 aliphatic carbocycles. The van der Waals surface area contributed by atoms with E-state index in [-0.39, 0.29) is 6.54 Å². The van der Waals surface area contributed by atoms with Gasteiger partial charge >= 0.3 is 5.51 Å². The summed E-state index contributed by atoms with van der Waals surface area (Å²) in [7, 11) is -2.89. The van der Waals surface area contributed by atoms with Gasteiger partial charge in [0.25, 0.3) is 0 Å². The Morgan fingerprint density at radius 1 is 1.13 bits per heavy atom. The monoisotopic (exact) mass is 480 g/mol. The minimum absolute atomic E-state index is 0.0477. The standard InChI is InChI=1S/C18H19Cl2N.C3H6F3NOS/c1-13-5-8-15(9-6-13)21-11-3-2-4-18(21)16-10-7-14(19)12-17(16)20;1-2-7-9(8)3(4,5)6/h5-10,12,18H,2-4,11H2,1H3;7H,2H2,1H3. The maximum Gasteiger partial charge on any atom is 0.485 e. The van der Waals surface area contributed by atoms with E-state index in [1.807, 2.05) is 12.1 Å². The highest BCUT2D eigenvalue weighted by molar-refractivity contribution is 7.83. The van der Waals surface area contributed by atoms with Crippen LogP contribution < -0.4 is 9.62 Å². The first-order valence-corrected chi connectivity index (χ1v) is 11.5. The number of alkyl halides is 3. The molecule has 0 radical (unpaired) electrons. The maximum absolute atomic E-state index is 11.3. The third-order valence-electron chi connectivity index (χ3n) is 4.68. The van der Waals surface area contributed by atoms with Crippen LogP contribution in [0.3, 0.4) is 0 Å². The second kappa shape index (κ2) is 11.4. The van der Waals surface area contributed by atoms with Crippen LogP contribution in [0.1, 0.15) is 43.4 Å². The molecule has 1 fully saturated rings. The van der Waals surface area contributed by atoms with E-state index >= 15 is 0 Å². The van der Waals surface area contributed by atoms with Gasteiger partial charge in [0.05, 0.1) is 6.04 Å². The lowest BCUT2D eigenvalue weighted by atomic mass is 9.94. The average molecular weight is 481 g/mol. The van der Waals surface area contributed by atoms with Gasteiger partial charge in [-0.2, -0.15) is 13.2 Å². The molecule has 1 heterocycles. The van der Waals surface area contributed by atoms with Crippen LogP contribution in [0.15, 0.2) is 42.5 Å². The van der Waals surface area contributed by atoms with Crippen molar-refractivity contribution in [3.8, 4) is 0 Å². The largest absolute Gasteiger partial charge is 0.485 e. The molecule has 0 amide bonds. The minimum Gasteiger partial charge on any atom is -0.364 e. The highest BCUT2D eigenvalue weighted by atomic mass is 35.5. The highest BCUT2D eigenvalue weighted by Gasteiger charge is 2.36. The number of hydrogen-bond acceptors (Lipinski definition) is 2. The second-order valence-corrected chi connectivity index (χ2v) is 9.05. The fraction of sp³-hybridized carbons (Fsp3) is 0.429. The Bertz CT molecular complexity index is 847. The van der Waals surface area contributed by atoms with Crippen molar-refractivity contribution in [3.63, 3.8) is 0 Å². The van der Waals surface area contributed by atoms with Crippen LogP contribution in [0.4, 0.5) is 18.9 Å². The molecule has 2 atom stereocenters. The lowest BCUT2D eigenvalue weighted by Crippen LogP contribution is -2.33. The number of benzene rings is 2. The van der Waals surface area contributed by atoms with E-state index in [1.54, 1.807) is 4.72 Å². The number of hydrogen-bond donors (Lipinski definition) is 1. The summed E-state index contributed by atoms with van der Waals surface area (Å²) in [6, 6.07) is 14.9. The van der Waals surface area contributed by atoms with Crippen LogP contribution in [0, 0.1) is 6.92 Å². The molecular formula is C21H25Cl2F3N2OS. The van der Waals surface area contributed by atoms with Gasteiger partial charge < -0.3 is 4.90 Å². The van der Waals surface area contributed by atoms with Crippen molar-refractivity contribution < 1.29 is 17.4 Å². The number of rotatable bonds is 4. The molecule has 1 N–H and O–H groups in total. The first-order chi connectivity index (χ1) is 14.1. The predicted molar refractivity (Wildman–Crippen MR) is 119 cm³/mol. The SMILES string of the molecule is CCNS(=O)C(F)(F)F.Cc1ccc(N2CCCCC2c2ccc(Cl)cc2Cl)cc1. The molecule has 2 aromatic rings. The van der Waals surface area contributed by atoms with Gasteiger partial charge in [0.15, 0.2) is 11.0 Å². The summed E-state index contributed by atoms with van der Waals surface area (Å²) in [4.78, 5) is 2.47. The quantitative estimate of drug-likeness (QED) is 0.520. The van der Waals surface area contributed by atoms with Crippen LogP contribution in [0.5, 0.6) is 0 Å². The van der Waals surface area contributed by atoms with E-state index < -0.39 is 16.5 Å². The number of nitrogens with zero attached hydrogens (tertiary/aromatic N) is 1. The molecule has 1 saturated heterocycles. The number of nitrogens with one attached hydrogen (secondary N) is 1. The van der Waals surface area contributed by atoms with Gasteiger partial charge in [0, 0.05) is 28.8 Å². The molecule has 2 aromatic carbocycles. The van der Waals surface area contributed by atoms with Crippen molar-refractivity contribution >= 4 is 39.9 Å². The van der Waals surface area contributed by atoms with E-state index in [0.717, 1.165) is 18.0 Å². The van der Waals surface area contributed by atoms with Crippen LogP contribution >= 0.6 is 23.2 Å². The first kappa shape index (κ1) is 25.0. The normalized spacial score (nSPS) is 17.8. The molecule has 3 rings (SSSR count). The Kier molecular flexibility index (Phi) is 9.47. The van der Waals surface area contributed by atoms with Crippen molar-refractivity contribution in [1.82, 2.24) is 4.72 Å². The molecule has 0 saturated carbocycles. The molecule has 30 heavy (non-hydrogen) atoms. The zero-order valence-electron chi connectivity index (χ0n) is 16.8. The van der Waals surface area contributed by atoms with E-state index in [2.05, 4.69) is 42.2 Å². The average Bonchev–Trinajstić information content (AvgIpc) is 2.69. The van der Waals surface area contributed by atoms with Gasteiger partial charge in [-0.25, -0.2) is 8.93 Å². The van der Waals surface area contributed by atoms with Crippen LogP contribution in [0.25, 0.3) is 0 Å². The summed E-state index contributed by atoms with van der Waals surface area (Å²) in [5.41, 5.74) is -0.884. The smallest absolute Gasteiger partial charge is 0.364 e. The Balaban J connectivity index is 0.000000303. The van der Waals surface area contributed by atoms with E-state index in [0.29, 0.717) is 11.1 Å². The summed E-state index contributed by atoms with van der Waals surface area (Å²) in [5.74, 6) is 0. The van der Waals surface area contributed by atoms with Gasteiger partial charge in [-0.05, 0) is 56.0 Å². The second-order valence-electron chi connectivity index (χ2n) is 6.92. The van der Waals surface area contributed by atoms with Gasteiger partial charge in [0.2, 0.25) is 0 Å². The van der Waals surface area contributed by atoms with E-state index in [1.165, 1.54) is 36.6 Å². The van der Waals surface area contributed by atoms with Crippen molar-refractivity contribution in [2.24, 2.45) is 0 Å². The Morgan fingerprint density at radius 3 is 2.33 bits per heavy atom. The first-order valence-electron chi connectivity index (χ1n) is 9.63. The predicted octanol–water partition coefficient (Wildman–Crippen LogP) is 6.81. The lowest BCUT2D eigenvalue weighted by Gasteiger charge is -2.38. The number of aryl methyl sites for hydroxylation is 1. The molecule has 0 spiro atoms. The molecule has 3 nitrogen and oxygen atoms in total. The van der Waals surface area contributed by atoms with Gasteiger partial charge in [-0.1, -0.05) is 53.9 Å². The maximum atomic E-state index is 11.3. The van der Waals surface area contributed by atoms with Crippen molar-refractivity contribution in [2.45, 2.75) is 44.7 Å². The molecule has 0 aromatic heterocycles. The Morgan fingerprint density at radius 2 is 1.80 bits per heavy atom. The van der Waals surface area contributed by atoms with E-state index in [9.17, 15) is 17.4 Å². The third kappa shape index (κ3) is 7.15. The topological polar surface area (TPSA) is 32.3 Å². The fourth-order valence-electron chi connectivity index (χ4n) is 3.28. The molecule has 2 unspecified atom stereocenters. The molecule has 0 bridgehead atoms. The Labute approximate surface area is 188 Å². The van der Waals surface area contributed by atoms with Crippen molar-refractivity contribution in [1.29, 1.82) is 0 Å². The van der Waals surface area contributed by atoms with Crippen molar-refractivity contribution in [2.75, 3.05) is 18.0 Å². The summed E-state index contributed by atoms with van der Waals surface area (Å²) < 4.78 is 45.5. The zero-order valence-corrected chi connectivity index (χ0v) is 19.1. The minimum atomic E-state index is -4.63. The van der Waals surface area contributed by atoms with Crippen molar-refractivity contribution in [3.05, 3.63) is 63.6 Å². The van der Waals surface area contributed by atoms with E-state index in [4.69, 9.17) is 23.2 Å². The number of piperidine rings is 1. The van der Waals surface area contributed by atoms with Crippen LogP contribution in [-0.4, -0.2) is 22.8 Å². The lowest BCUT2D eigenvalue weighted by molar-refractivity contribution is -0.0394.